The number of nitrogens with zero attached hydrogens (tertiary/aromatic N) is 4. The second kappa shape index (κ2) is 4.84. The average molecular weight is 262 g/mol. The highest BCUT2D eigenvalue weighted by Gasteiger charge is 2.12. The predicted molar refractivity (Wildman–Crippen MR) is 64.9 cm³/mol. The van der Waals surface area contributed by atoms with Crippen LogP contribution in [0.5, 0.6) is 0 Å². The standard InChI is InChI=1S/C11H10N4O4/c1-13-7-12-14(11(13)17)6-10(16)8-2-4-9(5-3-8)15(18)19/h2-5,7H,6H2,1H3. The normalized spacial score (nSPS) is 10.4. The van der Waals surface area contributed by atoms with Crippen LogP contribution in [0.2, 0.25) is 0 Å². The molecule has 1 aromatic carbocycles. The fraction of sp³-hybridized carbons (Fsp3) is 0.182. The molecule has 0 atom stereocenters. The Kier molecular flexibility index (Phi) is 3.23. The average Bonchev–Trinajstić information content (AvgIpc) is 2.71. The van der Waals surface area contributed by atoms with Crippen molar-refractivity contribution in [3.63, 3.8) is 0 Å². The zero-order valence-corrected chi connectivity index (χ0v) is 10.0. The van der Waals surface area contributed by atoms with Gasteiger partial charge in [-0.1, -0.05) is 0 Å². The SMILES string of the molecule is Cn1cnn(CC(=O)c2ccc([N+](=O)[O-])cc2)c1=O. The van der Waals surface area contributed by atoms with Gasteiger partial charge in [-0.3, -0.25) is 19.5 Å². The third kappa shape index (κ3) is 2.57. The Labute approximate surface area is 107 Å². The number of aryl methyl sites for hydroxylation is 1. The maximum absolute atomic E-state index is 11.9. The highest BCUT2D eigenvalue weighted by atomic mass is 16.6. The molecule has 0 saturated carbocycles. The number of aromatic nitrogens is 3. The van der Waals surface area contributed by atoms with Gasteiger partial charge in [0.25, 0.3) is 5.69 Å². The van der Waals surface area contributed by atoms with E-state index >= 15 is 0 Å². The van der Waals surface area contributed by atoms with Gasteiger partial charge < -0.3 is 0 Å². The van der Waals surface area contributed by atoms with Gasteiger partial charge in [-0.15, -0.1) is 0 Å². The minimum Gasteiger partial charge on any atom is -0.292 e. The topological polar surface area (TPSA) is 100 Å². The molecule has 0 saturated heterocycles. The van der Waals surface area contributed by atoms with Crippen molar-refractivity contribution in [2.24, 2.45) is 7.05 Å². The van der Waals surface area contributed by atoms with Crippen LogP contribution in [0, 0.1) is 10.1 Å². The van der Waals surface area contributed by atoms with Gasteiger partial charge in [-0.2, -0.15) is 5.10 Å². The molecule has 2 rings (SSSR count). The number of carbonyl (C=O) groups excluding carboxylic acids is 1. The third-order valence-electron chi connectivity index (χ3n) is 2.58. The summed E-state index contributed by atoms with van der Waals surface area (Å²) in [4.78, 5) is 33.3. The molecule has 0 bridgehead atoms. The molecule has 1 aromatic heterocycles. The van der Waals surface area contributed by atoms with Crippen LogP contribution in [0.1, 0.15) is 10.4 Å². The van der Waals surface area contributed by atoms with Crippen molar-refractivity contribution in [1.82, 2.24) is 14.3 Å². The van der Waals surface area contributed by atoms with Crippen molar-refractivity contribution in [3.8, 4) is 0 Å². The van der Waals surface area contributed by atoms with Gasteiger partial charge in [-0.25, -0.2) is 9.48 Å². The number of benzene rings is 1. The van der Waals surface area contributed by atoms with E-state index in [1.807, 2.05) is 0 Å². The lowest BCUT2D eigenvalue weighted by Crippen LogP contribution is -2.26. The Balaban J connectivity index is 2.18. The zero-order valence-electron chi connectivity index (χ0n) is 10.0. The number of nitro benzene ring substituents is 1. The molecule has 0 radical (unpaired) electrons. The van der Waals surface area contributed by atoms with Crippen molar-refractivity contribution in [2.75, 3.05) is 0 Å². The van der Waals surface area contributed by atoms with Crippen LogP contribution in [0.25, 0.3) is 0 Å². The number of hydrogen-bond acceptors (Lipinski definition) is 5. The van der Waals surface area contributed by atoms with Gasteiger partial charge in [0, 0.05) is 24.7 Å². The summed E-state index contributed by atoms with van der Waals surface area (Å²) < 4.78 is 2.28. The monoisotopic (exact) mass is 262 g/mol. The van der Waals surface area contributed by atoms with E-state index in [2.05, 4.69) is 5.10 Å². The van der Waals surface area contributed by atoms with Gasteiger partial charge in [0.15, 0.2) is 5.78 Å². The van der Waals surface area contributed by atoms with E-state index in [1.165, 1.54) is 42.2 Å². The summed E-state index contributed by atoms with van der Waals surface area (Å²) in [6.07, 6.45) is 1.31. The van der Waals surface area contributed by atoms with E-state index in [0.717, 1.165) is 4.68 Å². The zero-order chi connectivity index (χ0) is 14.0. The van der Waals surface area contributed by atoms with Crippen LogP contribution in [-0.2, 0) is 13.6 Å². The van der Waals surface area contributed by atoms with Crippen LogP contribution in [0.3, 0.4) is 0 Å². The molecular weight excluding hydrogens is 252 g/mol. The lowest BCUT2D eigenvalue weighted by atomic mass is 10.1. The van der Waals surface area contributed by atoms with E-state index in [9.17, 15) is 19.7 Å². The molecule has 0 aliphatic heterocycles. The molecule has 0 amide bonds. The maximum atomic E-state index is 11.9. The molecule has 0 aliphatic carbocycles. The minimum atomic E-state index is -0.544. The summed E-state index contributed by atoms with van der Waals surface area (Å²) in [5.41, 5.74) is -0.190. The van der Waals surface area contributed by atoms with Crippen LogP contribution >= 0.6 is 0 Å². The molecule has 1 heterocycles. The first-order valence-corrected chi connectivity index (χ1v) is 5.35. The highest BCUT2D eigenvalue weighted by Crippen LogP contribution is 2.12. The number of hydrogen-bond donors (Lipinski definition) is 0. The molecule has 0 fully saturated rings. The Morgan fingerprint density at radius 3 is 2.47 bits per heavy atom. The van der Waals surface area contributed by atoms with Crippen LogP contribution < -0.4 is 5.69 Å². The van der Waals surface area contributed by atoms with Crippen molar-refractivity contribution < 1.29 is 9.72 Å². The van der Waals surface area contributed by atoms with Crippen molar-refractivity contribution in [1.29, 1.82) is 0 Å². The molecule has 19 heavy (non-hydrogen) atoms. The Bertz CT molecular complexity index is 683. The largest absolute Gasteiger partial charge is 0.345 e. The number of ketones is 1. The summed E-state index contributed by atoms with van der Waals surface area (Å²) in [6.45, 7) is -0.197. The third-order valence-corrected chi connectivity index (χ3v) is 2.58. The van der Waals surface area contributed by atoms with E-state index in [1.54, 1.807) is 0 Å². The van der Waals surface area contributed by atoms with Gasteiger partial charge in [0.2, 0.25) is 0 Å². The first kappa shape index (κ1) is 12.7. The highest BCUT2D eigenvalue weighted by molar-refractivity contribution is 5.96. The minimum absolute atomic E-state index is 0.0912. The van der Waals surface area contributed by atoms with E-state index < -0.39 is 10.6 Å². The van der Waals surface area contributed by atoms with Gasteiger partial charge in [0.1, 0.15) is 12.9 Å². The molecule has 0 spiro atoms. The summed E-state index contributed by atoms with van der Waals surface area (Å²) in [5.74, 6) is -0.337. The Morgan fingerprint density at radius 2 is 2.00 bits per heavy atom. The Morgan fingerprint density at radius 1 is 1.37 bits per heavy atom. The Hall–Kier alpha value is -2.77. The van der Waals surface area contributed by atoms with E-state index in [4.69, 9.17) is 0 Å². The lowest BCUT2D eigenvalue weighted by Gasteiger charge is -2.00. The number of non-ortho nitro benzene ring substituents is 1. The van der Waals surface area contributed by atoms with Gasteiger partial charge >= 0.3 is 5.69 Å². The first-order valence-electron chi connectivity index (χ1n) is 5.35. The fourth-order valence-corrected chi connectivity index (χ4v) is 1.53. The molecule has 0 aliphatic rings. The first-order chi connectivity index (χ1) is 8.99. The molecule has 8 nitrogen and oxygen atoms in total. The van der Waals surface area contributed by atoms with Gasteiger partial charge in [0.05, 0.1) is 4.92 Å². The summed E-state index contributed by atoms with van der Waals surface area (Å²) in [7, 11) is 1.53. The smallest absolute Gasteiger partial charge is 0.292 e. The van der Waals surface area contributed by atoms with Crippen LogP contribution in [-0.4, -0.2) is 25.1 Å². The fourth-order valence-electron chi connectivity index (χ4n) is 1.53. The van der Waals surface area contributed by atoms with E-state index in [0.29, 0.717) is 5.56 Å². The van der Waals surface area contributed by atoms with Gasteiger partial charge in [-0.05, 0) is 12.1 Å². The van der Waals surface area contributed by atoms with Crippen LogP contribution in [0.4, 0.5) is 5.69 Å². The number of carbonyl (C=O) groups is 1. The van der Waals surface area contributed by atoms with Crippen LogP contribution in [0.15, 0.2) is 35.4 Å². The quantitative estimate of drug-likeness (QED) is 0.450. The number of nitro groups is 1. The molecule has 2 aromatic rings. The summed E-state index contributed by atoms with van der Waals surface area (Å²) in [5, 5.41) is 14.2. The van der Waals surface area contributed by atoms with Crippen molar-refractivity contribution in [2.45, 2.75) is 6.54 Å². The van der Waals surface area contributed by atoms with Crippen molar-refractivity contribution in [3.05, 3.63) is 56.8 Å². The molecule has 0 N–H and O–H groups in total. The maximum Gasteiger partial charge on any atom is 0.345 e. The summed E-state index contributed by atoms with van der Waals surface area (Å²) in [6, 6.07) is 5.20. The summed E-state index contributed by atoms with van der Waals surface area (Å²) >= 11 is 0. The molecule has 8 heteroatoms. The van der Waals surface area contributed by atoms with E-state index in [-0.39, 0.29) is 18.0 Å². The molecule has 98 valence electrons. The number of Topliss-reactive ketones (excluding diaryl/α,β-unsaturated/α-hetero) is 1. The lowest BCUT2D eigenvalue weighted by molar-refractivity contribution is -0.384. The molecular formula is C11H10N4O4. The predicted octanol–water partition coefficient (Wildman–Crippen LogP) is 0.373. The molecule has 0 unspecified atom stereocenters. The second-order valence-corrected chi connectivity index (χ2v) is 3.91. The van der Waals surface area contributed by atoms with Crippen molar-refractivity contribution >= 4 is 11.5 Å². The second-order valence-electron chi connectivity index (χ2n) is 3.91. The number of rotatable bonds is 4.